The molecule has 0 aliphatic heterocycles. The van der Waals surface area contributed by atoms with Gasteiger partial charge in [0.2, 0.25) is 0 Å². The van der Waals surface area contributed by atoms with E-state index in [1.165, 1.54) is 109 Å². The van der Waals surface area contributed by atoms with Crippen LogP contribution in [0, 0.1) is 23.7 Å². The van der Waals surface area contributed by atoms with Gasteiger partial charge in [-0.2, -0.15) is 0 Å². The number of hydrogen-bond donors (Lipinski definition) is 4. The Hall–Kier alpha value is 0.580. The van der Waals surface area contributed by atoms with Crippen molar-refractivity contribution in [2.45, 2.75) is 266 Å². The maximum absolute atomic E-state index is 10.8. The van der Waals surface area contributed by atoms with Crippen molar-refractivity contribution < 1.29 is 33.4 Å². The van der Waals surface area contributed by atoms with Gasteiger partial charge in [0.1, 0.15) is 5.60 Å². The Morgan fingerprint density at radius 2 is 0.636 bits per heavy atom. The van der Waals surface area contributed by atoms with Gasteiger partial charge in [-0.05, 0) is 56.3 Å². The normalized spacial score (nSPS) is 14.5. The summed E-state index contributed by atoms with van der Waals surface area (Å²) in [7, 11) is -5.13. The minimum absolute atomic E-state index is 0.202. The molecule has 2 atom stereocenters. The van der Waals surface area contributed by atoms with E-state index >= 15 is 0 Å². The van der Waals surface area contributed by atoms with Crippen LogP contribution in [0.5, 0.6) is 0 Å². The molecule has 0 radical (unpaired) electrons. The summed E-state index contributed by atoms with van der Waals surface area (Å²) in [5.74, 6) is 2.94. The van der Waals surface area contributed by atoms with E-state index in [2.05, 4.69) is 55.4 Å². The number of hydrogen-bond acceptors (Lipinski definition) is 7. The van der Waals surface area contributed by atoms with E-state index in [4.69, 9.17) is 13.8 Å². The van der Waals surface area contributed by atoms with E-state index in [9.17, 15) is 19.6 Å². The molecule has 0 saturated heterocycles. The fraction of sp³-hybridized carbons (Fsp3) is 1.00. The molecule has 332 valence electrons. The van der Waals surface area contributed by atoms with Gasteiger partial charge >= 0.3 is 17.2 Å². The van der Waals surface area contributed by atoms with Crippen LogP contribution in [0.15, 0.2) is 0 Å². The topological polar surface area (TPSA) is 109 Å². The molecule has 55 heavy (non-hydrogen) atoms. The molecule has 7 nitrogen and oxygen atoms in total. The third-order valence-corrected chi connectivity index (χ3v) is 12.7. The third-order valence-electron chi connectivity index (χ3n) is 11.7. The van der Waals surface area contributed by atoms with E-state index in [0.29, 0.717) is 0 Å². The second kappa shape index (κ2) is 35.3. The van der Waals surface area contributed by atoms with E-state index in [1.807, 2.05) is 6.92 Å². The summed E-state index contributed by atoms with van der Waals surface area (Å²) >= 11 is 0. The number of rotatable bonds is 41. The minimum atomic E-state index is -2.62. The highest BCUT2D eigenvalue weighted by atomic mass is 31.2. The zero-order valence-electron chi connectivity index (χ0n) is 38.0. The fourth-order valence-corrected chi connectivity index (χ4v) is 9.43. The highest BCUT2D eigenvalue weighted by Gasteiger charge is 2.53. The van der Waals surface area contributed by atoms with E-state index < -0.39 is 34.5 Å². The summed E-state index contributed by atoms with van der Waals surface area (Å²) in [4.78, 5) is 41.0. The Labute approximate surface area is 345 Å². The van der Waals surface area contributed by atoms with Crippen LogP contribution < -0.4 is 0 Å². The molecule has 0 bridgehead atoms. The molecule has 0 rings (SSSR count). The van der Waals surface area contributed by atoms with Gasteiger partial charge in [0.15, 0.2) is 0 Å². The maximum atomic E-state index is 10.8. The predicted octanol–water partition coefficient (Wildman–Crippen LogP) is 15.3. The van der Waals surface area contributed by atoms with Crippen molar-refractivity contribution in [2.75, 3.05) is 6.61 Å². The van der Waals surface area contributed by atoms with Gasteiger partial charge in [0.25, 0.3) is 0 Å². The highest BCUT2D eigenvalue weighted by molar-refractivity contribution is 7.39. The van der Waals surface area contributed by atoms with Crippen LogP contribution in [0.4, 0.5) is 0 Å². The standard InChI is InChI=1S/C46H96O7P2/c1-40(2)31-23-15-10-11-19-27-35-45(51-39-44(9)52-54(47)48,36-28-20-12-16-24-32-41(3)4)46(53-55(49)50,37-29-21-13-17-25-33-42(5)6)38-30-22-14-18-26-34-43(7)8/h40-44,47-50H,10-39H2,1-9H3. The van der Waals surface area contributed by atoms with Crippen LogP contribution >= 0.6 is 17.2 Å². The van der Waals surface area contributed by atoms with E-state index in [0.717, 1.165) is 101 Å². The number of ether oxygens (including phenoxy) is 1. The molecule has 0 heterocycles. The first-order valence-corrected chi connectivity index (χ1v) is 25.8. The molecule has 0 aromatic carbocycles. The van der Waals surface area contributed by atoms with Gasteiger partial charge in [0, 0.05) is 0 Å². The lowest BCUT2D eigenvalue weighted by molar-refractivity contribution is -0.199. The quantitative estimate of drug-likeness (QED) is 0.0359. The van der Waals surface area contributed by atoms with Crippen LogP contribution in [-0.4, -0.2) is 43.5 Å². The van der Waals surface area contributed by atoms with Crippen LogP contribution in [0.25, 0.3) is 0 Å². The molecule has 0 amide bonds. The van der Waals surface area contributed by atoms with E-state index in [-0.39, 0.29) is 6.61 Å². The second-order valence-electron chi connectivity index (χ2n) is 19.0. The Morgan fingerprint density at radius 1 is 0.364 bits per heavy atom. The molecule has 0 spiro atoms. The smallest absolute Gasteiger partial charge is 0.327 e. The molecular formula is C46H96O7P2. The SMILES string of the molecule is CC(C)CCCCCCCCC(CCCCCCCC(C)C)(OCC(C)OP(O)O)C(CCCCCCCC(C)C)(CCCCCCCC(C)C)OP(O)O. The van der Waals surface area contributed by atoms with Crippen molar-refractivity contribution in [1.29, 1.82) is 0 Å². The van der Waals surface area contributed by atoms with Gasteiger partial charge < -0.3 is 33.4 Å². The van der Waals surface area contributed by atoms with Crippen molar-refractivity contribution >= 4 is 17.2 Å². The molecule has 0 fully saturated rings. The summed E-state index contributed by atoms with van der Waals surface area (Å²) in [6.45, 7) is 20.4. The highest BCUT2D eigenvalue weighted by Crippen LogP contribution is 2.51. The molecule has 0 saturated carbocycles. The summed E-state index contributed by atoms with van der Waals surface area (Å²) in [5, 5.41) is 0. The summed E-state index contributed by atoms with van der Waals surface area (Å²) in [5.41, 5.74) is -1.59. The Morgan fingerprint density at radius 3 is 0.909 bits per heavy atom. The molecule has 0 aromatic heterocycles. The fourth-order valence-electron chi connectivity index (χ4n) is 8.39. The lowest BCUT2D eigenvalue weighted by Gasteiger charge is -2.51. The van der Waals surface area contributed by atoms with Crippen molar-refractivity contribution in [2.24, 2.45) is 23.7 Å². The monoisotopic (exact) mass is 823 g/mol. The Kier molecular flexibility index (Phi) is 35.7. The van der Waals surface area contributed by atoms with Crippen molar-refractivity contribution in [1.82, 2.24) is 0 Å². The van der Waals surface area contributed by atoms with Crippen molar-refractivity contribution in [3.05, 3.63) is 0 Å². The second-order valence-corrected chi connectivity index (χ2v) is 20.4. The largest absolute Gasteiger partial charge is 0.369 e. The van der Waals surface area contributed by atoms with E-state index in [1.54, 1.807) is 0 Å². The van der Waals surface area contributed by atoms with Gasteiger partial charge in [-0.1, -0.05) is 216 Å². The number of unbranched alkanes of at least 4 members (excludes halogenated alkanes) is 17. The predicted molar refractivity (Wildman–Crippen MR) is 239 cm³/mol. The average Bonchev–Trinajstić information content (AvgIpc) is 3.08. The molecular weight excluding hydrogens is 726 g/mol. The molecule has 4 N–H and O–H groups in total. The molecule has 9 heteroatoms. The summed E-state index contributed by atoms with van der Waals surface area (Å²) < 4.78 is 19.2. The Balaban J connectivity index is 6.54. The first-order valence-electron chi connectivity index (χ1n) is 23.5. The van der Waals surface area contributed by atoms with Crippen LogP contribution in [0.1, 0.15) is 249 Å². The first-order chi connectivity index (χ1) is 26.1. The van der Waals surface area contributed by atoms with Crippen LogP contribution in [-0.2, 0) is 13.8 Å². The zero-order chi connectivity index (χ0) is 41.4. The lowest BCUT2D eigenvalue weighted by atomic mass is 9.70. The van der Waals surface area contributed by atoms with Crippen LogP contribution in [0.3, 0.4) is 0 Å². The minimum Gasteiger partial charge on any atom is -0.369 e. The zero-order valence-corrected chi connectivity index (χ0v) is 39.8. The van der Waals surface area contributed by atoms with Crippen molar-refractivity contribution in [3.8, 4) is 0 Å². The summed E-state index contributed by atoms with van der Waals surface area (Å²) in [6.07, 6.45) is 31.9. The summed E-state index contributed by atoms with van der Waals surface area (Å²) in [6, 6.07) is 0. The molecule has 0 aromatic rings. The molecule has 0 aliphatic carbocycles. The molecule has 0 aliphatic rings. The van der Waals surface area contributed by atoms with Gasteiger partial charge in [-0.15, -0.1) is 0 Å². The average molecular weight is 823 g/mol. The third kappa shape index (κ3) is 31.2. The van der Waals surface area contributed by atoms with Crippen LogP contribution in [0.2, 0.25) is 0 Å². The van der Waals surface area contributed by atoms with Gasteiger partial charge in [0.05, 0.1) is 18.3 Å². The van der Waals surface area contributed by atoms with Crippen molar-refractivity contribution in [3.63, 3.8) is 0 Å². The first kappa shape index (κ1) is 55.6. The van der Waals surface area contributed by atoms with Gasteiger partial charge in [-0.25, -0.2) is 0 Å². The maximum Gasteiger partial charge on any atom is 0.327 e. The van der Waals surface area contributed by atoms with Gasteiger partial charge in [-0.3, -0.25) is 0 Å². The lowest BCUT2D eigenvalue weighted by Crippen LogP contribution is -2.58. The Bertz CT molecular complexity index is 804. The molecule has 2 unspecified atom stereocenters.